The van der Waals surface area contributed by atoms with E-state index in [1.807, 2.05) is 31.2 Å². The fourth-order valence-corrected chi connectivity index (χ4v) is 3.62. The van der Waals surface area contributed by atoms with Crippen LogP contribution < -0.4 is 4.74 Å². The van der Waals surface area contributed by atoms with Gasteiger partial charge in [0.25, 0.3) is 5.91 Å². The van der Waals surface area contributed by atoms with Crippen LogP contribution in [0.2, 0.25) is 0 Å². The zero-order valence-corrected chi connectivity index (χ0v) is 12.8. The molecule has 0 bridgehead atoms. The number of carbonyl (C=O) groups excluding carboxylic acids is 1. The summed E-state index contributed by atoms with van der Waals surface area (Å²) in [6.07, 6.45) is 0.180. The molecule has 1 amide bonds. The number of ether oxygens (including phenoxy) is 1. The van der Waals surface area contributed by atoms with Gasteiger partial charge in [-0.2, -0.15) is 0 Å². The molecule has 1 aliphatic heterocycles. The minimum absolute atomic E-state index is 0.0296. The van der Waals surface area contributed by atoms with E-state index in [0.717, 1.165) is 18.4 Å². The number of fused-ring (bicyclic) bond motifs is 1. The lowest BCUT2D eigenvalue weighted by molar-refractivity contribution is -0.141. The van der Waals surface area contributed by atoms with Gasteiger partial charge in [-0.25, -0.2) is 0 Å². The maximum absolute atomic E-state index is 12.3. The molecule has 5 heteroatoms. The Morgan fingerprint density at radius 3 is 2.59 bits per heavy atom. The van der Waals surface area contributed by atoms with Crippen molar-refractivity contribution in [2.24, 2.45) is 11.8 Å². The maximum Gasteiger partial charge on any atom is 0.254 e. The molecule has 4 atom stereocenters. The zero-order valence-electron chi connectivity index (χ0n) is 12.8. The second-order valence-corrected chi connectivity index (χ2v) is 6.48. The first-order valence-corrected chi connectivity index (χ1v) is 7.88. The van der Waals surface area contributed by atoms with Crippen LogP contribution in [0.1, 0.15) is 18.4 Å². The highest BCUT2D eigenvalue weighted by Crippen LogP contribution is 2.38. The largest absolute Gasteiger partial charge is 0.490 e. The molecule has 1 saturated heterocycles. The van der Waals surface area contributed by atoms with Crippen LogP contribution in [0, 0.1) is 18.8 Å². The lowest BCUT2D eigenvalue weighted by atomic mass is 10.0. The number of para-hydroxylation sites is 1. The number of likely N-dealkylation sites (tertiary alicyclic amines) is 1. The van der Waals surface area contributed by atoms with Gasteiger partial charge in [-0.3, -0.25) is 4.79 Å². The van der Waals surface area contributed by atoms with Gasteiger partial charge in [0.05, 0.1) is 6.10 Å². The summed E-state index contributed by atoms with van der Waals surface area (Å²) in [5.74, 6) is 1.18. The molecule has 120 valence electrons. The lowest BCUT2D eigenvalue weighted by Crippen LogP contribution is -2.41. The average Bonchev–Trinajstić information content (AvgIpc) is 3.02. The van der Waals surface area contributed by atoms with Crippen molar-refractivity contribution in [2.45, 2.75) is 32.0 Å². The average molecular weight is 305 g/mol. The topological polar surface area (TPSA) is 70.0 Å². The summed E-state index contributed by atoms with van der Waals surface area (Å²) < 4.78 is 5.55. The van der Waals surface area contributed by atoms with Crippen molar-refractivity contribution in [1.29, 1.82) is 0 Å². The zero-order chi connectivity index (χ0) is 15.7. The van der Waals surface area contributed by atoms with Gasteiger partial charge in [-0.05, 0) is 43.2 Å². The smallest absolute Gasteiger partial charge is 0.254 e. The van der Waals surface area contributed by atoms with Crippen molar-refractivity contribution in [3.63, 3.8) is 0 Å². The van der Waals surface area contributed by atoms with Crippen LogP contribution in [0.15, 0.2) is 24.3 Å². The highest BCUT2D eigenvalue weighted by molar-refractivity contribution is 5.81. The van der Waals surface area contributed by atoms with Crippen LogP contribution in [-0.2, 0) is 4.79 Å². The molecule has 1 aliphatic carbocycles. The summed E-state index contributed by atoms with van der Waals surface area (Å²) in [4.78, 5) is 14.0. The maximum atomic E-state index is 12.3. The normalized spacial score (nSPS) is 28.5. The quantitative estimate of drug-likeness (QED) is 0.869. The van der Waals surface area contributed by atoms with E-state index in [1.165, 1.54) is 0 Å². The second kappa shape index (κ2) is 6.26. The summed E-state index contributed by atoms with van der Waals surface area (Å²) in [5.41, 5.74) is 0.979. The van der Waals surface area contributed by atoms with Gasteiger partial charge in [0.15, 0.2) is 6.10 Å². The van der Waals surface area contributed by atoms with E-state index in [2.05, 4.69) is 0 Å². The van der Waals surface area contributed by atoms with Crippen molar-refractivity contribution in [1.82, 2.24) is 4.90 Å². The van der Waals surface area contributed by atoms with Crippen LogP contribution in [0.4, 0.5) is 0 Å². The Morgan fingerprint density at radius 2 is 1.95 bits per heavy atom. The summed E-state index contributed by atoms with van der Waals surface area (Å²) in [5, 5.41) is 19.7. The van der Waals surface area contributed by atoms with E-state index in [1.54, 1.807) is 4.90 Å². The van der Waals surface area contributed by atoms with Crippen LogP contribution >= 0.6 is 0 Å². The van der Waals surface area contributed by atoms with Gasteiger partial charge < -0.3 is 19.8 Å². The fraction of sp³-hybridized carbons (Fsp3) is 0.588. The molecule has 0 spiro atoms. The SMILES string of the molecule is Cc1ccccc1OCC(O)C(=O)N1C[C@H]2CC(O)C[C@H]2C1. The van der Waals surface area contributed by atoms with Gasteiger partial charge in [0.2, 0.25) is 0 Å². The monoisotopic (exact) mass is 305 g/mol. The van der Waals surface area contributed by atoms with Crippen LogP contribution in [0.25, 0.3) is 0 Å². The number of benzene rings is 1. The number of amides is 1. The summed E-state index contributed by atoms with van der Waals surface area (Å²) in [7, 11) is 0. The third kappa shape index (κ3) is 3.10. The van der Waals surface area contributed by atoms with E-state index in [0.29, 0.717) is 30.7 Å². The molecule has 3 rings (SSSR count). The highest BCUT2D eigenvalue weighted by atomic mass is 16.5. The number of aliphatic hydroxyl groups excluding tert-OH is 2. The lowest BCUT2D eigenvalue weighted by Gasteiger charge is -2.22. The second-order valence-electron chi connectivity index (χ2n) is 6.48. The molecule has 2 aliphatic rings. The molecule has 5 nitrogen and oxygen atoms in total. The van der Waals surface area contributed by atoms with Crippen molar-refractivity contribution >= 4 is 5.91 Å². The minimum atomic E-state index is -1.14. The predicted molar refractivity (Wildman–Crippen MR) is 81.5 cm³/mol. The molecule has 0 aromatic heterocycles. The Labute approximate surface area is 130 Å². The molecule has 0 radical (unpaired) electrons. The van der Waals surface area contributed by atoms with E-state index >= 15 is 0 Å². The molecule has 1 aromatic rings. The summed E-state index contributed by atoms with van der Waals surface area (Å²) in [6, 6.07) is 7.54. The molecule has 1 aromatic carbocycles. The van der Waals surface area contributed by atoms with Gasteiger partial charge in [-0.15, -0.1) is 0 Å². The number of aliphatic hydroxyl groups is 2. The van der Waals surface area contributed by atoms with E-state index in [4.69, 9.17) is 4.74 Å². The van der Waals surface area contributed by atoms with Gasteiger partial charge >= 0.3 is 0 Å². The molecule has 2 N–H and O–H groups in total. The Hall–Kier alpha value is -1.59. The number of nitrogens with zero attached hydrogens (tertiary/aromatic N) is 1. The van der Waals surface area contributed by atoms with Gasteiger partial charge in [0, 0.05) is 13.1 Å². The molecule has 22 heavy (non-hydrogen) atoms. The van der Waals surface area contributed by atoms with Crippen LogP contribution in [-0.4, -0.2) is 52.9 Å². The minimum Gasteiger partial charge on any atom is -0.490 e. The van der Waals surface area contributed by atoms with E-state index in [-0.39, 0.29) is 18.6 Å². The number of hydrogen-bond acceptors (Lipinski definition) is 4. The summed E-state index contributed by atoms with van der Waals surface area (Å²) >= 11 is 0. The standard InChI is InChI=1S/C17H23NO4/c1-11-4-2-3-5-16(11)22-10-15(20)17(21)18-8-12-6-14(19)7-13(12)9-18/h2-5,12-15,19-20H,6-10H2,1H3/t12-,13+,14?,15?. The molecule has 2 fully saturated rings. The first-order valence-electron chi connectivity index (χ1n) is 7.88. The van der Waals surface area contributed by atoms with E-state index in [9.17, 15) is 15.0 Å². The van der Waals surface area contributed by atoms with E-state index < -0.39 is 6.10 Å². The molecule has 1 saturated carbocycles. The Morgan fingerprint density at radius 1 is 1.32 bits per heavy atom. The van der Waals surface area contributed by atoms with Crippen molar-refractivity contribution in [2.75, 3.05) is 19.7 Å². The first kappa shape index (κ1) is 15.3. The molecule has 2 unspecified atom stereocenters. The number of aryl methyl sites for hydroxylation is 1. The number of hydrogen-bond donors (Lipinski definition) is 2. The number of rotatable bonds is 4. The highest BCUT2D eigenvalue weighted by Gasteiger charge is 2.42. The van der Waals surface area contributed by atoms with Gasteiger partial charge in [-0.1, -0.05) is 18.2 Å². The van der Waals surface area contributed by atoms with Crippen molar-refractivity contribution in [3.8, 4) is 5.75 Å². The first-order chi connectivity index (χ1) is 10.5. The van der Waals surface area contributed by atoms with Crippen LogP contribution in [0.5, 0.6) is 5.75 Å². The summed E-state index contributed by atoms with van der Waals surface area (Å²) in [6.45, 7) is 3.18. The molecular weight excluding hydrogens is 282 g/mol. The molecular formula is C17H23NO4. The Balaban J connectivity index is 1.52. The third-order valence-corrected chi connectivity index (χ3v) is 4.81. The Bertz CT molecular complexity index is 533. The third-order valence-electron chi connectivity index (χ3n) is 4.81. The number of carbonyl (C=O) groups is 1. The van der Waals surface area contributed by atoms with Gasteiger partial charge in [0.1, 0.15) is 12.4 Å². The van der Waals surface area contributed by atoms with Crippen molar-refractivity contribution in [3.05, 3.63) is 29.8 Å². The molecule has 1 heterocycles. The fourth-order valence-electron chi connectivity index (χ4n) is 3.62. The van der Waals surface area contributed by atoms with Crippen LogP contribution in [0.3, 0.4) is 0 Å². The Kier molecular flexibility index (Phi) is 4.36. The van der Waals surface area contributed by atoms with Crippen molar-refractivity contribution < 1.29 is 19.7 Å². The predicted octanol–water partition coefficient (Wildman–Crippen LogP) is 0.964.